The van der Waals surface area contributed by atoms with Crippen LogP contribution in [-0.2, 0) is 6.42 Å². The molecule has 2 N–H and O–H groups in total. The Labute approximate surface area is 143 Å². The molecule has 23 heavy (non-hydrogen) atoms. The highest BCUT2D eigenvalue weighted by atomic mass is 32.2. The molecule has 0 spiro atoms. The van der Waals surface area contributed by atoms with Crippen LogP contribution in [0.3, 0.4) is 0 Å². The van der Waals surface area contributed by atoms with Crippen molar-refractivity contribution in [3.05, 3.63) is 59.7 Å². The first-order valence-corrected chi connectivity index (χ1v) is 9.52. The van der Waals surface area contributed by atoms with Gasteiger partial charge in [0.15, 0.2) is 0 Å². The van der Waals surface area contributed by atoms with Crippen molar-refractivity contribution in [2.75, 3.05) is 13.1 Å². The highest BCUT2D eigenvalue weighted by Crippen LogP contribution is 2.36. The number of aryl methyl sites for hydroxylation is 1. The minimum absolute atomic E-state index is 0.559. The molecule has 1 aliphatic carbocycles. The van der Waals surface area contributed by atoms with Gasteiger partial charge in [0, 0.05) is 21.9 Å². The maximum absolute atomic E-state index is 3.90. The van der Waals surface area contributed by atoms with Crippen LogP contribution in [0.5, 0.6) is 0 Å². The zero-order chi connectivity index (χ0) is 15.5. The Morgan fingerprint density at radius 2 is 1.74 bits per heavy atom. The van der Waals surface area contributed by atoms with Crippen molar-refractivity contribution in [1.29, 1.82) is 0 Å². The van der Waals surface area contributed by atoms with Crippen LogP contribution in [0.1, 0.15) is 36.4 Å². The number of piperidine rings is 1. The Morgan fingerprint density at radius 3 is 2.57 bits per heavy atom. The Bertz CT molecular complexity index is 650. The predicted octanol–water partition coefficient (Wildman–Crippen LogP) is 4.17. The van der Waals surface area contributed by atoms with Crippen molar-refractivity contribution >= 4 is 11.8 Å². The molecule has 120 valence electrons. The number of hydrogen-bond donors (Lipinski definition) is 2. The number of hydrogen-bond acceptors (Lipinski definition) is 3. The van der Waals surface area contributed by atoms with E-state index in [1.165, 1.54) is 46.6 Å². The number of rotatable bonds is 4. The van der Waals surface area contributed by atoms with Crippen LogP contribution in [0.25, 0.3) is 0 Å². The Hall–Kier alpha value is -1.29. The van der Waals surface area contributed by atoms with Crippen molar-refractivity contribution in [2.24, 2.45) is 0 Å². The number of nitrogens with one attached hydrogen (secondary N) is 2. The van der Waals surface area contributed by atoms with E-state index in [0.717, 1.165) is 13.1 Å². The van der Waals surface area contributed by atoms with E-state index in [9.17, 15) is 0 Å². The van der Waals surface area contributed by atoms with Crippen LogP contribution in [-0.4, -0.2) is 19.1 Å². The summed E-state index contributed by atoms with van der Waals surface area (Å²) < 4.78 is 0. The van der Waals surface area contributed by atoms with Crippen LogP contribution in [0.2, 0.25) is 0 Å². The molecule has 1 heterocycles. The molecule has 1 aliphatic heterocycles. The molecule has 2 nitrogen and oxygen atoms in total. The lowest BCUT2D eigenvalue weighted by Crippen LogP contribution is -2.41. The molecule has 0 bridgehead atoms. The monoisotopic (exact) mass is 324 g/mol. The van der Waals surface area contributed by atoms with E-state index < -0.39 is 0 Å². The summed E-state index contributed by atoms with van der Waals surface area (Å²) >= 11 is 1.86. The second kappa shape index (κ2) is 7.08. The zero-order valence-electron chi connectivity index (χ0n) is 13.4. The third kappa shape index (κ3) is 3.63. The molecule has 0 amide bonds. The molecule has 2 aromatic carbocycles. The minimum atomic E-state index is 0.559. The summed E-state index contributed by atoms with van der Waals surface area (Å²) in [5, 5.41) is 7.34. The van der Waals surface area contributed by atoms with Crippen molar-refractivity contribution in [3.63, 3.8) is 0 Å². The standard InChI is InChI=1S/C20H24N2S/c1-2-4-17(5-3-1)23-18-7-8-19-15(14-18)6-9-20(19)22-16-10-12-21-13-11-16/h1-5,7-8,14,16,20-22H,6,9-13H2. The van der Waals surface area contributed by atoms with Crippen LogP contribution < -0.4 is 10.6 Å². The summed E-state index contributed by atoms with van der Waals surface area (Å²) in [6.45, 7) is 2.31. The predicted molar refractivity (Wildman–Crippen MR) is 97.1 cm³/mol. The largest absolute Gasteiger partial charge is 0.317 e. The van der Waals surface area contributed by atoms with Gasteiger partial charge in [-0.05, 0) is 74.2 Å². The van der Waals surface area contributed by atoms with E-state index in [1.807, 2.05) is 11.8 Å². The lowest BCUT2D eigenvalue weighted by atomic mass is 10.0. The summed E-state index contributed by atoms with van der Waals surface area (Å²) in [5.41, 5.74) is 3.07. The van der Waals surface area contributed by atoms with E-state index in [0.29, 0.717) is 12.1 Å². The average Bonchev–Trinajstić information content (AvgIpc) is 2.99. The SMILES string of the molecule is c1ccc(Sc2ccc3c(c2)CCC3NC2CCNCC2)cc1. The number of fused-ring (bicyclic) bond motifs is 1. The van der Waals surface area contributed by atoms with Crippen molar-refractivity contribution in [1.82, 2.24) is 10.6 Å². The van der Waals surface area contributed by atoms with Crippen molar-refractivity contribution in [3.8, 4) is 0 Å². The molecule has 2 aliphatic rings. The second-order valence-electron chi connectivity index (χ2n) is 6.56. The highest BCUT2D eigenvalue weighted by Gasteiger charge is 2.25. The molecule has 1 unspecified atom stereocenters. The smallest absolute Gasteiger partial charge is 0.0328 e. The molecule has 0 saturated carbocycles. The van der Waals surface area contributed by atoms with Gasteiger partial charge in [-0.3, -0.25) is 0 Å². The average molecular weight is 324 g/mol. The zero-order valence-corrected chi connectivity index (χ0v) is 14.2. The fourth-order valence-corrected chi connectivity index (χ4v) is 4.63. The fourth-order valence-electron chi connectivity index (χ4n) is 3.73. The molecule has 0 aromatic heterocycles. The van der Waals surface area contributed by atoms with Crippen LogP contribution >= 0.6 is 11.8 Å². The van der Waals surface area contributed by atoms with Gasteiger partial charge in [0.1, 0.15) is 0 Å². The third-order valence-corrected chi connectivity index (χ3v) is 5.94. The maximum Gasteiger partial charge on any atom is 0.0328 e. The Kier molecular flexibility index (Phi) is 4.69. The lowest BCUT2D eigenvalue weighted by Gasteiger charge is -2.27. The first-order valence-electron chi connectivity index (χ1n) is 8.71. The van der Waals surface area contributed by atoms with Crippen molar-refractivity contribution in [2.45, 2.75) is 47.6 Å². The lowest BCUT2D eigenvalue weighted by molar-refractivity contribution is 0.349. The molecule has 3 heteroatoms. The molecule has 4 rings (SSSR count). The molecule has 1 saturated heterocycles. The van der Waals surface area contributed by atoms with Gasteiger partial charge >= 0.3 is 0 Å². The highest BCUT2D eigenvalue weighted by molar-refractivity contribution is 7.99. The first-order chi connectivity index (χ1) is 11.4. The van der Waals surface area contributed by atoms with Gasteiger partial charge in [-0.15, -0.1) is 0 Å². The van der Waals surface area contributed by atoms with Gasteiger partial charge in [0.2, 0.25) is 0 Å². The van der Waals surface area contributed by atoms with E-state index in [-0.39, 0.29) is 0 Å². The topological polar surface area (TPSA) is 24.1 Å². The molecule has 1 fully saturated rings. The van der Waals surface area contributed by atoms with Gasteiger partial charge in [-0.25, -0.2) is 0 Å². The molecule has 0 radical (unpaired) electrons. The van der Waals surface area contributed by atoms with Crippen LogP contribution in [0.15, 0.2) is 58.3 Å². The third-order valence-electron chi connectivity index (χ3n) is 4.95. The molecule has 2 aromatic rings. The summed E-state index contributed by atoms with van der Waals surface area (Å²) in [6.07, 6.45) is 4.97. The normalized spacial score (nSPS) is 21.3. The first kappa shape index (κ1) is 15.3. The van der Waals surface area contributed by atoms with E-state index in [1.54, 1.807) is 0 Å². The summed E-state index contributed by atoms with van der Waals surface area (Å²) in [5.74, 6) is 0. The Balaban J connectivity index is 1.45. The van der Waals surface area contributed by atoms with Crippen LogP contribution in [0, 0.1) is 0 Å². The van der Waals surface area contributed by atoms with Gasteiger partial charge in [0.25, 0.3) is 0 Å². The van der Waals surface area contributed by atoms with E-state index in [2.05, 4.69) is 59.2 Å². The number of benzene rings is 2. The van der Waals surface area contributed by atoms with Crippen molar-refractivity contribution < 1.29 is 0 Å². The second-order valence-corrected chi connectivity index (χ2v) is 7.70. The van der Waals surface area contributed by atoms with E-state index in [4.69, 9.17) is 0 Å². The summed E-state index contributed by atoms with van der Waals surface area (Å²) in [6, 6.07) is 18.9. The molecular formula is C20H24N2S. The van der Waals surface area contributed by atoms with E-state index >= 15 is 0 Å². The van der Waals surface area contributed by atoms with Gasteiger partial charge < -0.3 is 10.6 Å². The fraction of sp³-hybridized carbons (Fsp3) is 0.400. The quantitative estimate of drug-likeness (QED) is 0.883. The van der Waals surface area contributed by atoms with Gasteiger partial charge in [0.05, 0.1) is 0 Å². The molecular weight excluding hydrogens is 300 g/mol. The maximum atomic E-state index is 3.90. The summed E-state index contributed by atoms with van der Waals surface area (Å²) in [7, 11) is 0. The molecule has 1 atom stereocenters. The Morgan fingerprint density at radius 1 is 0.913 bits per heavy atom. The summed E-state index contributed by atoms with van der Waals surface area (Å²) in [4.78, 5) is 2.67. The van der Waals surface area contributed by atoms with Gasteiger partial charge in [-0.2, -0.15) is 0 Å². The minimum Gasteiger partial charge on any atom is -0.317 e. The van der Waals surface area contributed by atoms with Gasteiger partial charge in [-0.1, -0.05) is 36.0 Å². The van der Waals surface area contributed by atoms with Crippen LogP contribution in [0.4, 0.5) is 0 Å².